The summed E-state index contributed by atoms with van der Waals surface area (Å²) in [7, 11) is 0. The van der Waals surface area contributed by atoms with Crippen molar-refractivity contribution in [3.05, 3.63) is 50.7 Å². The first-order chi connectivity index (χ1) is 11.0. The van der Waals surface area contributed by atoms with Crippen molar-refractivity contribution < 1.29 is 14.3 Å². The van der Waals surface area contributed by atoms with Crippen LogP contribution in [0.25, 0.3) is 0 Å². The van der Waals surface area contributed by atoms with Crippen molar-refractivity contribution in [2.45, 2.75) is 20.3 Å². The normalized spacial score (nSPS) is 10.2. The molecule has 0 aliphatic carbocycles. The first kappa shape index (κ1) is 17.3. The third-order valence-electron chi connectivity index (χ3n) is 3.05. The van der Waals surface area contributed by atoms with Crippen molar-refractivity contribution in [1.29, 1.82) is 0 Å². The molecule has 122 valence electrons. The molecule has 0 aliphatic heterocycles. The van der Waals surface area contributed by atoms with Gasteiger partial charge in [0.05, 0.1) is 4.88 Å². The summed E-state index contributed by atoms with van der Waals surface area (Å²) in [5.74, 6) is -0.309. The number of aryl methyl sites for hydroxylation is 2. The third-order valence-corrected chi connectivity index (χ3v) is 4.66. The lowest BCUT2D eigenvalue weighted by molar-refractivity contribution is -0.123. The Morgan fingerprint density at radius 3 is 2.70 bits per heavy atom. The molecule has 0 unspecified atom stereocenters. The fraction of sp³-hybridized carbons (Fsp3) is 0.250. The molecule has 2 N–H and O–H groups in total. The minimum atomic E-state index is -0.456. The van der Waals surface area contributed by atoms with Crippen LogP contribution < -0.4 is 15.6 Å². The minimum Gasteiger partial charge on any atom is -0.484 e. The molecule has 0 saturated heterocycles. The standard InChI is InChI=1S/C16H17ClN2O3S/c1-3-13-10(2)7-14(23-13)16(21)19-18-15(20)9-22-12-6-4-5-11(17)8-12/h4-8H,3,9H2,1-2H3,(H,18,20)(H,19,21). The van der Waals surface area contributed by atoms with Crippen molar-refractivity contribution in [3.8, 4) is 5.75 Å². The van der Waals surface area contributed by atoms with Gasteiger partial charge in [0.2, 0.25) is 0 Å². The first-order valence-electron chi connectivity index (χ1n) is 7.06. The predicted octanol–water partition coefficient (Wildman–Crippen LogP) is 3.11. The van der Waals surface area contributed by atoms with Gasteiger partial charge < -0.3 is 4.74 Å². The van der Waals surface area contributed by atoms with Crippen molar-refractivity contribution in [1.82, 2.24) is 10.9 Å². The summed E-state index contributed by atoms with van der Waals surface area (Å²) >= 11 is 7.24. The number of ether oxygens (including phenoxy) is 1. The molecule has 0 radical (unpaired) electrons. The Kier molecular flexibility index (Phi) is 6.01. The molecule has 0 aliphatic rings. The summed E-state index contributed by atoms with van der Waals surface area (Å²) in [5, 5.41) is 0.524. The number of hydrazine groups is 1. The van der Waals surface area contributed by atoms with E-state index < -0.39 is 5.91 Å². The van der Waals surface area contributed by atoms with Crippen molar-refractivity contribution in [2.75, 3.05) is 6.61 Å². The highest BCUT2D eigenvalue weighted by Gasteiger charge is 2.12. The lowest BCUT2D eigenvalue weighted by Crippen LogP contribution is -2.43. The van der Waals surface area contributed by atoms with Crippen LogP contribution in [0.1, 0.15) is 27.0 Å². The molecule has 0 atom stereocenters. The molecule has 0 bridgehead atoms. The van der Waals surface area contributed by atoms with Gasteiger partial charge in [-0.3, -0.25) is 20.4 Å². The van der Waals surface area contributed by atoms with Gasteiger partial charge in [0.1, 0.15) is 5.75 Å². The highest BCUT2D eigenvalue weighted by Crippen LogP contribution is 2.22. The largest absolute Gasteiger partial charge is 0.484 e. The monoisotopic (exact) mass is 352 g/mol. The summed E-state index contributed by atoms with van der Waals surface area (Å²) in [6, 6.07) is 8.55. The molecule has 7 heteroatoms. The van der Waals surface area contributed by atoms with E-state index in [4.69, 9.17) is 16.3 Å². The van der Waals surface area contributed by atoms with Gasteiger partial charge in [0.25, 0.3) is 11.8 Å². The number of nitrogens with one attached hydrogen (secondary N) is 2. The number of thiophene rings is 1. The molecule has 2 aromatic rings. The van der Waals surface area contributed by atoms with Crippen LogP contribution in [0.15, 0.2) is 30.3 Å². The highest BCUT2D eigenvalue weighted by molar-refractivity contribution is 7.14. The number of hydrogen-bond acceptors (Lipinski definition) is 4. The Hall–Kier alpha value is -2.05. The van der Waals surface area contributed by atoms with E-state index in [-0.39, 0.29) is 12.5 Å². The lowest BCUT2D eigenvalue weighted by atomic mass is 10.2. The number of amides is 2. The second-order valence-corrected chi connectivity index (χ2v) is 6.39. The Morgan fingerprint density at radius 1 is 1.26 bits per heavy atom. The second-order valence-electron chi connectivity index (χ2n) is 4.82. The quantitative estimate of drug-likeness (QED) is 0.812. The zero-order valence-electron chi connectivity index (χ0n) is 12.8. The zero-order chi connectivity index (χ0) is 16.8. The summed E-state index contributed by atoms with van der Waals surface area (Å²) in [6.07, 6.45) is 0.879. The molecule has 1 aromatic heterocycles. The van der Waals surface area contributed by atoms with Gasteiger partial charge in [0.15, 0.2) is 6.61 Å². The molecule has 1 aromatic carbocycles. The van der Waals surface area contributed by atoms with E-state index in [2.05, 4.69) is 10.9 Å². The average molecular weight is 353 g/mol. The number of halogens is 1. The van der Waals surface area contributed by atoms with Gasteiger partial charge in [-0.05, 0) is 43.2 Å². The van der Waals surface area contributed by atoms with Gasteiger partial charge in [-0.2, -0.15) is 0 Å². The number of hydrogen-bond donors (Lipinski definition) is 2. The van der Waals surface area contributed by atoms with Crippen LogP contribution in [0.3, 0.4) is 0 Å². The predicted molar refractivity (Wildman–Crippen MR) is 91.0 cm³/mol. The van der Waals surface area contributed by atoms with Crippen LogP contribution in [-0.4, -0.2) is 18.4 Å². The van der Waals surface area contributed by atoms with Crippen LogP contribution in [0.5, 0.6) is 5.75 Å². The molecule has 23 heavy (non-hydrogen) atoms. The van der Waals surface area contributed by atoms with Gasteiger partial charge >= 0.3 is 0 Å². The second kappa shape index (κ2) is 7.99. The van der Waals surface area contributed by atoms with Crippen molar-refractivity contribution >= 4 is 34.8 Å². The van der Waals surface area contributed by atoms with Gasteiger partial charge in [0, 0.05) is 9.90 Å². The molecule has 0 saturated carbocycles. The average Bonchev–Trinajstić information content (AvgIpc) is 2.91. The molecular formula is C16H17ClN2O3S. The third kappa shape index (κ3) is 4.97. The van der Waals surface area contributed by atoms with E-state index in [1.807, 2.05) is 19.9 Å². The molecule has 5 nitrogen and oxygen atoms in total. The zero-order valence-corrected chi connectivity index (χ0v) is 14.4. The SMILES string of the molecule is CCc1sc(C(=O)NNC(=O)COc2cccc(Cl)c2)cc1C. The van der Waals surface area contributed by atoms with E-state index in [1.54, 1.807) is 24.3 Å². The van der Waals surface area contributed by atoms with Crippen LogP contribution in [-0.2, 0) is 11.2 Å². The van der Waals surface area contributed by atoms with Crippen LogP contribution in [0, 0.1) is 6.92 Å². The molecule has 1 heterocycles. The van der Waals surface area contributed by atoms with Gasteiger partial charge in [-0.1, -0.05) is 24.6 Å². The maximum Gasteiger partial charge on any atom is 0.279 e. The first-order valence-corrected chi connectivity index (χ1v) is 8.26. The van der Waals surface area contributed by atoms with E-state index >= 15 is 0 Å². The fourth-order valence-corrected chi connectivity index (χ4v) is 3.10. The van der Waals surface area contributed by atoms with E-state index in [9.17, 15) is 9.59 Å². The summed E-state index contributed by atoms with van der Waals surface area (Å²) in [5.41, 5.74) is 5.78. The maximum atomic E-state index is 12.0. The Balaban J connectivity index is 1.80. The number of rotatable bonds is 5. The van der Waals surface area contributed by atoms with Gasteiger partial charge in [-0.15, -0.1) is 11.3 Å². The van der Waals surface area contributed by atoms with Crippen LogP contribution >= 0.6 is 22.9 Å². The van der Waals surface area contributed by atoms with Crippen molar-refractivity contribution in [2.24, 2.45) is 0 Å². The Morgan fingerprint density at radius 2 is 2.04 bits per heavy atom. The van der Waals surface area contributed by atoms with E-state index in [1.165, 1.54) is 11.3 Å². The Bertz CT molecular complexity index is 715. The fourth-order valence-electron chi connectivity index (χ4n) is 1.91. The highest BCUT2D eigenvalue weighted by atomic mass is 35.5. The summed E-state index contributed by atoms with van der Waals surface area (Å²) in [6.45, 7) is 3.78. The molecule has 2 rings (SSSR count). The molecular weight excluding hydrogens is 336 g/mol. The van der Waals surface area contributed by atoms with E-state index in [0.29, 0.717) is 15.6 Å². The summed E-state index contributed by atoms with van der Waals surface area (Å²) < 4.78 is 5.28. The Labute approximate surface area is 143 Å². The minimum absolute atomic E-state index is 0.218. The number of carbonyl (C=O) groups excluding carboxylic acids is 2. The summed E-state index contributed by atoms with van der Waals surface area (Å²) in [4.78, 5) is 25.4. The molecule has 2 amide bonds. The van der Waals surface area contributed by atoms with Crippen LogP contribution in [0.2, 0.25) is 5.02 Å². The number of benzene rings is 1. The topological polar surface area (TPSA) is 67.4 Å². The van der Waals surface area contributed by atoms with Gasteiger partial charge in [-0.25, -0.2) is 0 Å². The maximum absolute atomic E-state index is 12.0. The molecule has 0 spiro atoms. The number of carbonyl (C=O) groups is 2. The van der Waals surface area contributed by atoms with Crippen molar-refractivity contribution in [3.63, 3.8) is 0 Å². The smallest absolute Gasteiger partial charge is 0.279 e. The van der Waals surface area contributed by atoms with E-state index in [0.717, 1.165) is 16.9 Å². The van der Waals surface area contributed by atoms with Crippen LogP contribution in [0.4, 0.5) is 0 Å². The molecule has 0 fully saturated rings. The lowest BCUT2D eigenvalue weighted by Gasteiger charge is -2.08.